The molecule has 22 heavy (non-hydrogen) atoms. The van der Waals surface area contributed by atoms with Crippen LogP contribution in [0, 0.1) is 16.2 Å². The number of benzene rings is 1. The van der Waals surface area contributed by atoms with Crippen molar-refractivity contribution in [3.63, 3.8) is 0 Å². The van der Waals surface area contributed by atoms with E-state index in [2.05, 4.69) is 72.5 Å². The molecule has 3 aliphatic carbocycles. The first-order chi connectivity index (χ1) is 10.3. The number of halogens is 3. The molecule has 0 spiro atoms. The molecule has 3 aliphatic rings. The predicted molar refractivity (Wildman–Crippen MR) is 100 cm³/mol. The van der Waals surface area contributed by atoms with E-state index in [4.69, 9.17) is 0 Å². The summed E-state index contributed by atoms with van der Waals surface area (Å²) >= 11 is 11.2. The monoisotopic (exact) mass is 492 g/mol. The summed E-state index contributed by atoms with van der Waals surface area (Å²) < 4.78 is 0.192. The molecule has 0 aromatic heterocycles. The lowest BCUT2D eigenvalue weighted by molar-refractivity contribution is -0.161. The van der Waals surface area contributed by atoms with Crippen LogP contribution in [0.4, 0.5) is 5.69 Å². The first kappa shape index (κ1) is 16.8. The number of hydrogen-bond donors (Lipinski definition) is 2. The lowest BCUT2D eigenvalue weighted by Crippen LogP contribution is -2.72. The lowest BCUT2D eigenvalue weighted by Gasteiger charge is -2.66. The molecule has 0 aliphatic heterocycles. The van der Waals surface area contributed by atoms with Gasteiger partial charge in [0.2, 0.25) is 5.91 Å². The zero-order valence-electron chi connectivity index (χ0n) is 12.5. The number of carbonyl (C=O) groups is 1. The minimum atomic E-state index is -0.380. The van der Waals surface area contributed by atoms with E-state index in [1.807, 2.05) is 30.3 Å². The number of alkyl halides is 3. The Balaban J connectivity index is 1.79. The molecule has 2 bridgehead atoms. The van der Waals surface area contributed by atoms with Crippen LogP contribution in [-0.2, 0) is 4.79 Å². The summed E-state index contributed by atoms with van der Waals surface area (Å²) in [6.45, 7) is 4.41. The fourth-order valence-corrected chi connectivity index (χ4v) is 9.38. The van der Waals surface area contributed by atoms with Crippen LogP contribution >= 0.6 is 47.8 Å². The van der Waals surface area contributed by atoms with Gasteiger partial charge in [-0.3, -0.25) is 15.6 Å². The van der Waals surface area contributed by atoms with E-state index in [9.17, 15) is 4.79 Å². The average Bonchev–Trinajstić information content (AvgIpc) is 2.95. The highest BCUT2D eigenvalue weighted by Crippen LogP contribution is 2.82. The van der Waals surface area contributed by atoms with Crippen molar-refractivity contribution in [1.82, 2.24) is 5.43 Å². The Hall–Kier alpha value is -0.0700. The summed E-state index contributed by atoms with van der Waals surface area (Å²) in [5.41, 5.74) is 6.41. The molecule has 6 heteroatoms. The van der Waals surface area contributed by atoms with E-state index in [1.54, 1.807) is 0 Å². The Bertz CT molecular complexity index is 592. The molecule has 120 valence electrons. The summed E-state index contributed by atoms with van der Waals surface area (Å²) in [6.07, 6.45) is 1.92. The van der Waals surface area contributed by atoms with Crippen molar-refractivity contribution in [2.75, 3.05) is 5.43 Å². The minimum Gasteiger partial charge on any atom is -0.299 e. The van der Waals surface area contributed by atoms with Gasteiger partial charge in [0.05, 0.1) is 14.8 Å². The molecule has 3 nitrogen and oxygen atoms in total. The van der Waals surface area contributed by atoms with Gasteiger partial charge in [-0.2, -0.15) is 0 Å². The van der Waals surface area contributed by atoms with Crippen molar-refractivity contribution >= 4 is 59.4 Å². The average molecular weight is 495 g/mol. The summed E-state index contributed by atoms with van der Waals surface area (Å²) in [7, 11) is 0. The fraction of sp³-hybridized carbons (Fsp3) is 0.562. The van der Waals surface area contributed by atoms with Gasteiger partial charge in [0.25, 0.3) is 0 Å². The van der Waals surface area contributed by atoms with Crippen LogP contribution in [0.2, 0.25) is 0 Å². The number of hydrogen-bond acceptors (Lipinski definition) is 2. The van der Waals surface area contributed by atoms with Gasteiger partial charge in [-0.25, -0.2) is 0 Å². The number of amides is 1. The van der Waals surface area contributed by atoms with Crippen LogP contribution in [0.15, 0.2) is 30.3 Å². The minimum absolute atomic E-state index is 0.0527. The zero-order chi connectivity index (χ0) is 16.2. The highest BCUT2D eigenvalue weighted by molar-refractivity contribution is 9.24. The van der Waals surface area contributed by atoms with Crippen LogP contribution < -0.4 is 10.9 Å². The number of rotatable bonds is 4. The van der Waals surface area contributed by atoms with Gasteiger partial charge in [-0.05, 0) is 30.4 Å². The van der Waals surface area contributed by atoms with Gasteiger partial charge < -0.3 is 0 Å². The summed E-state index contributed by atoms with van der Waals surface area (Å²) in [4.78, 5) is 13.1. The molecule has 3 unspecified atom stereocenters. The third-order valence-electron chi connectivity index (χ3n) is 5.99. The smallest absolute Gasteiger partial charge is 0.246 e. The molecule has 2 N–H and O–H groups in total. The van der Waals surface area contributed by atoms with Crippen molar-refractivity contribution < 1.29 is 4.79 Å². The molecule has 0 radical (unpaired) electrons. The van der Waals surface area contributed by atoms with E-state index in [1.165, 1.54) is 0 Å². The molecular weight excluding hydrogens is 476 g/mol. The van der Waals surface area contributed by atoms with E-state index >= 15 is 0 Å². The molecule has 0 saturated heterocycles. The highest BCUT2D eigenvalue weighted by atomic mass is 79.9. The molecule has 3 fully saturated rings. The van der Waals surface area contributed by atoms with Gasteiger partial charge in [0, 0.05) is 10.2 Å². The third-order valence-corrected chi connectivity index (χ3v) is 9.22. The number of para-hydroxylation sites is 1. The maximum atomic E-state index is 12.9. The molecular formula is C16H19Br3N2O. The standard InChI is InChI=1S/C16H19Br3N2O/c1-14(2)15(12(18)19)8-9-16(14,11(15)17)13(22)21-20-10-6-4-3-5-7-10/h3-7,11-12,20H,8-9H2,1-2H3,(H,21,22). The van der Waals surface area contributed by atoms with Crippen molar-refractivity contribution in [3.05, 3.63) is 30.3 Å². The lowest BCUT2D eigenvalue weighted by atomic mass is 9.43. The Morgan fingerprint density at radius 3 is 2.36 bits per heavy atom. The normalized spacial score (nSPS) is 35.1. The number of carbonyl (C=O) groups excluding carboxylic acids is 1. The van der Waals surface area contributed by atoms with E-state index in [0.717, 1.165) is 18.5 Å². The van der Waals surface area contributed by atoms with E-state index < -0.39 is 0 Å². The van der Waals surface area contributed by atoms with Crippen LogP contribution in [0.25, 0.3) is 0 Å². The Labute approximate surface area is 156 Å². The van der Waals surface area contributed by atoms with Crippen molar-refractivity contribution in [2.45, 2.75) is 35.3 Å². The van der Waals surface area contributed by atoms with Crippen LogP contribution in [0.3, 0.4) is 0 Å². The molecule has 0 heterocycles. The van der Waals surface area contributed by atoms with Crippen molar-refractivity contribution in [1.29, 1.82) is 0 Å². The molecule has 1 amide bonds. The molecule has 3 atom stereocenters. The number of fused-ring (bicyclic) bond motifs is 1. The fourth-order valence-electron chi connectivity index (χ4n) is 4.46. The first-order valence-corrected chi connectivity index (χ1v) is 10.1. The zero-order valence-corrected chi connectivity index (χ0v) is 17.3. The summed E-state index contributed by atoms with van der Waals surface area (Å²) in [5, 5.41) is 0. The maximum Gasteiger partial charge on any atom is 0.246 e. The van der Waals surface area contributed by atoms with E-state index in [0.29, 0.717) is 0 Å². The quantitative estimate of drug-likeness (QED) is 0.465. The maximum absolute atomic E-state index is 12.9. The predicted octanol–water partition coefficient (Wildman–Crippen LogP) is 4.82. The van der Waals surface area contributed by atoms with Gasteiger partial charge >= 0.3 is 0 Å². The second-order valence-electron chi connectivity index (χ2n) is 6.75. The van der Waals surface area contributed by atoms with Crippen molar-refractivity contribution in [2.24, 2.45) is 16.2 Å². The molecule has 1 aromatic rings. The molecule has 4 rings (SSSR count). The van der Waals surface area contributed by atoms with Crippen LogP contribution in [-0.4, -0.2) is 14.5 Å². The Kier molecular flexibility index (Phi) is 4.18. The molecule has 3 saturated carbocycles. The van der Waals surface area contributed by atoms with Gasteiger partial charge in [-0.1, -0.05) is 79.8 Å². The summed E-state index contributed by atoms with van der Waals surface area (Å²) in [6, 6.07) is 9.69. The number of nitrogens with one attached hydrogen (secondary N) is 2. The molecule has 1 aromatic carbocycles. The number of hydrazine groups is 1. The van der Waals surface area contributed by atoms with E-state index in [-0.39, 0.29) is 30.7 Å². The Morgan fingerprint density at radius 2 is 1.86 bits per heavy atom. The highest BCUT2D eigenvalue weighted by Gasteiger charge is 2.83. The van der Waals surface area contributed by atoms with Crippen LogP contribution in [0.1, 0.15) is 26.7 Å². The van der Waals surface area contributed by atoms with Gasteiger partial charge in [-0.15, -0.1) is 0 Å². The topological polar surface area (TPSA) is 41.1 Å². The second kappa shape index (κ2) is 5.49. The SMILES string of the molecule is CC1(C)C2(C(=O)NNc3ccccc3)CCC1(C(Br)Br)C2Br. The first-order valence-electron chi connectivity index (χ1n) is 7.34. The van der Waals surface area contributed by atoms with Gasteiger partial charge in [0.1, 0.15) is 0 Å². The van der Waals surface area contributed by atoms with Crippen LogP contribution in [0.5, 0.6) is 0 Å². The van der Waals surface area contributed by atoms with Gasteiger partial charge in [0.15, 0.2) is 0 Å². The summed E-state index contributed by atoms with van der Waals surface area (Å²) in [5.74, 6) is 0.0667. The Morgan fingerprint density at radius 1 is 1.23 bits per heavy atom. The largest absolute Gasteiger partial charge is 0.299 e. The van der Waals surface area contributed by atoms with Crippen molar-refractivity contribution in [3.8, 4) is 0 Å². The third kappa shape index (κ3) is 1.86. The second-order valence-corrected chi connectivity index (χ2v) is 10.7. The number of anilines is 1.